The number of halogens is 4. The molecular formula is C11H16F3IN4S. The van der Waals surface area contributed by atoms with Gasteiger partial charge < -0.3 is 10.6 Å². The average molecular weight is 420 g/mol. The molecule has 9 heteroatoms. The second-order valence-corrected chi connectivity index (χ2v) is 5.18. The summed E-state index contributed by atoms with van der Waals surface area (Å²) in [4.78, 5) is 7.77. The van der Waals surface area contributed by atoms with Crippen LogP contribution in [0.1, 0.15) is 30.5 Å². The fourth-order valence-corrected chi connectivity index (χ4v) is 2.13. The van der Waals surface area contributed by atoms with E-state index in [1.54, 1.807) is 0 Å². The van der Waals surface area contributed by atoms with Crippen LogP contribution in [-0.2, 0) is 12.7 Å². The Hall–Kier alpha value is -0.580. The van der Waals surface area contributed by atoms with Crippen molar-refractivity contribution in [2.75, 3.05) is 6.54 Å². The molecule has 1 heterocycles. The maximum Gasteiger partial charge on any atom is 0.434 e. The second-order valence-electron chi connectivity index (χ2n) is 4.24. The minimum absolute atomic E-state index is 0. The third-order valence-corrected chi connectivity index (χ3v) is 3.31. The molecule has 1 aliphatic rings. The van der Waals surface area contributed by atoms with Crippen molar-refractivity contribution in [3.8, 4) is 0 Å². The maximum atomic E-state index is 12.4. The van der Waals surface area contributed by atoms with E-state index < -0.39 is 11.9 Å². The molecule has 0 aliphatic heterocycles. The van der Waals surface area contributed by atoms with E-state index in [0.29, 0.717) is 23.6 Å². The zero-order valence-electron chi connectivity index (χ0n) is 10.8. The molecule has 1 saturated carbocycles. The molecule has 0 unspecified atom stereocenters. The fourth-order valence-electron chi connectivity index (χ4n) is 1.40. The highest BCUT2D eigenvalue weighted by atomic mass is 127. The van der Waals surface area contributed by atoms with E-state index in [4.69, 9.17) is 0 Å². The third kappa shape index (κ3) is 5.43. The molecule has 4 nitrogen and oxygen atoms in total. The van der Waals surface area contributed by atoms with Crippen LogP contribution in [0, 0.1) is 0 Å². The minimum Gasteiger partial charge on any atom is -0.357 e. The van der Waals surface area contributed by atoms with Gasteiger partial charge in [0.15, 0.2) is 11.7 Å². The molecule has 0 radical (unpaired) electrons. The quantitative estimate of drug-likeness (QED) is 0.448. The van der Waals surface area contributed by atoms with Crippen molar-refractivity contribution < 1.29 is 13.2 Å². The van der Waals surface area contributed by atoms with Gasteiger partial charge in [0.1, 0.15) is 5.01 Å². The minimum atomic E-state index is -4.38. The van der Waals surface area contributed by atoms with Gasteiger partial charge in [-0.15, -0.1) is 35.3 Å². The van der Waals surface area contributed by atoms with Crippen LogP contribution < -0.4 is 10.6 Å². The van der Waals surface area contributed by atoms with Crippen molar-refractivity contribution in [3.05, 3.63) is 16.1 Å². The van der Waals surface area contributed by atoms with Crippen LogP contribution in [0.15, 0.2) is 10.4 Å². The van der Waals surface area contributed by atoms with E-state index in [2.05, 4.69) is 20.6 Å². The van der Waals surface area contributed by atoms with E-state index >= 15 is 0 Å². The number of hydrogen-bond acceptors (Lipinski definition) is 3. The van der Waals surface area contributed by atoms with E-state index in [-0.39, 0.29) is 30.5 Å². The summed E-state index contributed by atoms with van der Waals surface area (Å²) in [6, 6.07) is 0.444. The lowest BCUT2D eigenvalue weighted by molar-refractivity contribution is -0.140. The standard InChI is InChI=1S/C11H15F3N4S.HI/c1-2-15-10(17-7-3-4-7)16-5-9-18-8(6-19-9)11(12,13)14;/h6-7H,2-5H2,1H3,(H2,15,16,17);1H. The van der Waals surface area contributed by atoms with Crippen LogP contribution in [0.25, 0.3) is 0 Å². The number of nitrogens with one attached hydrogen (secondary N) is 2. The Morgan fingerprint density at radius 3 is 2.70 bits per heavy atom. The largest absolute Gasteiger partial charge is 0.434 e. The first-order valence-electron chi connectivity index (χ1n) is 6.05. The Labute approximate surface area is 136 Å². The summed E-state index contributed by atoms with van der Waals surface area (Å²) in [5.74, 6) is 0.633. The molecule has 1 fully saturated rings. The summed E-state index contributed by atoms with van der Waals surface area (Å²) in [5.41, 5.74) is -0.845. The highest BCUT2D eigenvalue weighted by Crippen LogP contribution is 2.30. The second kappa shape index (κ2) is 7.43. The van der Waals surface area contributed by atoms with Gasteiger partial charge in [0, 0.05) is 18.0 Å². The zero-order chi connectivity index (χ0) is 13.9. The normalized spacial score (nSPS) is 15.7. The average Bonchev–Trinajstić information content (AvgIpc) is 3.00. The molecule has 1 aromatic rings. The lowest BCUT2D eigenvalue weighted by Gasteiger charge is -2.09. The van der Waals surface area contributed by atoms with Gasteiger partial charge in [0.25, 0.3) is 0 Å². The summed E-state index contributed by atoms with van der Waals surface area (Å²) in [7, 11) is 0. The van der Waals surface area contributed by atoms with Crippen molar-refractivity contribution in [3.63, 3.8) is 0 Å². The molecule has 1 aliphatic carbocycles. The van der Waals surface area contributed by atoms with Crippen molar-refractivity contribution >= 4 is 41.3 Å². The van der Waals surface area contributed by atoms with Crippen molar-refractivity contribution in [1.82, 2.24) is 15.6 Å². The van der Waals surface area contributed by atoms with Gasteiger partial charge in [-0.2, -0.15) is 13.2 Å². The zero-order valence-corrected chi connectivity index (χ0v) is 14.0. The molecule has 1 aromatic heterocycles. The summed E-state index contributed by atoms with van der Waals surface area (Å²) in [6.07, 6.45) is -2.16. The van der Waals surface area contributed by atoms with Crippen LogP contribution in [0.2, 0.25) is 0 Å². The Balaban J connectivity index is 0.00000200. The molecule has 2 N–H and O–H groups in total. The Kier molecular flexibility index (Phi) is 6.49. The van der Waals surface area contributed by atoms with Gasteiger partial charge in [-0.3, -0.25) is 0 Å². The van der Waals surface area contributed by atoms with E-state index in [1.807, 2.05) is 6.92 Å². The first-order chi connectivity index (χ1) is 8.99. The van der Waals surface area contributed by atoms with E-state index in [0.717, 1.165) is 29.6 Å². The molecule has 114 valence electrons. The lowest BCUT2D eigenvalue weighted by Crippen LogP contribution is -2.38. The smallest absolute Gasteiger partial charge is 0.357 e. The number of nitrogens with zero attached hydrogens (tertiary/aromatic N) is 2. The summed E-state index contributed by atoms with van der Waals surface area (Å²) < 4.78 is 37.2. The number of aliphatic imine (C=N–C) groups is 1. The van der Waals surface area contributed by atoms with Gasteiger partial charge in [0.05, 0.1) is 6.54 Å². The number of alkyl halides is 3. The van der Waals surface area contributed by atoms with E-state index in [9.17, 15) is 13.2 Å². The number of hydrogen-bond donors (Lipinski definition) is 2. The molecular weight excluding hydrogens is 404 g/mol. The maximum absolute atomic E-state index is 12.4. The Morgan fingerprint density at radius 1 is 1.50 bits per heavy atom. The third-order valence-electron chi connectivity index (χ3n) is 2.48. The first-order valence-corrected chi connectivity index (χ1v) is 6.93. The molecule has 20 heavy (non-hydrogen) atoms. The number of aromatic nitrogens is 1. The predicted molar refractivity (Wildman–Crippen MR) is 83.5 cm³/mol. The highest BCUT2D eigenvalue weighted by Gasteiger charge is 2.33. The number of rotatable bonds is 4. The summed E-state index contributed by atoms with van der Waals surface area (Å²) in [5, 5.41) is 7.63. The van der Waals surface area contributed by atoms with Crippen LogP contribution >= 0.6 is 35.3 Å². The molecule has 0 spiro atoms. The highest BCUT2D eigenvalue weighted by molar-refractivity contribution is 14.0. The Morgan fingerprint density at radius 2 is 2.20 bits per heavy atom. The van der Waals surface area contributed by atoms with E-state index in [1.165, 1.54) is 0 Å². The lowest BCUT2D eigenvalue weighted by atomic mass is 10.5. The summed E-state index contributed by atoms with van der Waals surface area (Å²) in [6.45, 7) is 2.81. The van der Waals surface area contributed by atoms with Crippen molar-refractivity contribution in [2.45, 2.75) is 38.5 Å². The van der Waals surface area contributed by atoms with Gasteiger partial charge in [-0.1, -0.05) is 0 Å². The monoisotopic (exact) mass is 420 g/mol. The molecule has 0 saturated heterocycles. The van der Waals surface area contributed by atoms with Gasteiger partial charge >= 0.3 is 6.18 Å². The first kappa shape index (κ1) is 17.5. The molecule has 2 rings (SSSR count). The number of thiazole rings is 1. The SMILES string of the molecule is CCNC(=NCc1nc(C(F)(F)F)cs1)NC1CC1.I. The van der Waals surface area contributed by atoms with Crippen LogP contribution in [0.4, 0.5) is 13.2 Å². The van der Waals surface area contributed by atoms with Gasteiger partial charge in [-0.05, 0) is 19.8 Å². The molecule has 0 bridgehead atoms. The van der Waals surface area contributed by atoms with Crippen molar-refractivity contribution in [2.24, 2.45) is 4.99 Å². The van der Waals surface area contributed by atoms with Gasteiger partial charge in [0.2, 0.25) is 0 Å². The summed E-state index contributed by atoms with van der Waals surface area (Å²) >= 11 is 0.977. The molecule has 0 amide bonds. The van der Waals surface area contributed by atoms with Gasteiger partial charge in [-0.25, -0.2) is 9.98 Å². The van der Waals surface area contributed by atoms with Crippen LogP contribution in [0.3, 0.4) is 0 Å². The fraction of sp³-hybridized carbons (Fsp3) is 0.636. The predicted octanol–water partition coefficient (Wildman–Crippen LogP) is 3.00. The topological polar surface area (TPSA) is 49.3 Å². The van der Waals surface area contributed by atoms with Crippen LogP contribution in [0.5, 0.6) is 0 Å². The van der Waals surface area contributed by atoms with Crippen molar-refractivity contribution in [1.29, 1.82) is 0 Å². The Bertz CT molecular complexity index is 457. The number of guanidine groups is 1. The van der Waals surface area contributed by atoms with Crippen LogP contribution in [-0.4, -0.2) is 23.5 Å². The molecule has 0 atom stereocenters. The molecule has 0 aromatic carbocycles.